The Morgan fingerprint density at radius 3 is 2.70 bits per heavy atom. The number of hydrazone groups is 1. The third-order valence-corrected chi connectivity index (χ3v) is 3.24. The second-order valence-corrected chi connectivity index (χ2v) is 5.42. The molecule has 0 radical (unpaired) electrons. The number of amides is 1. The average molecular weight is 381 g/mol. The molecule has 0 fully saturated rings. The van der Waals surface area contributed by atoms with Crippen LogP contribution in [0.5, 0.6) is 0 Å². The number of nitrogens with zero attached hydrogens (tertiary/aromatic N) is 2. The molecule has 9 nitrogen and oxygen atoms in total. The van der Waals surface area contributed by atoms with Crippen molar-refractivity contribution in [1.82, 2.24) is 20.6 Å². The monoisotopic (exact) mass is 380 g/mol. The highest BCUT2D eigenvalue weighted by atomic mass is 79.9. The van der Waals surface area contributed by atoms with Crippen LogP contribution >= 0.6 is 15.9 Å². The summed E-state index contributed by atoms with van der Waals surface area (Å²) in [7, 11) is 0. The normalized spacial score (nSPS) is 12.1. The number of aromatic amines is 2. The molecule has 4 N–H and O–H groups in total. The molecule has 10 heteroatoms. The quantitative estimate of drug-likeness (QED) is 0.433. The van der Waals surface area contributed by atoms with Gasteiger partial charge >= 0.3 is 5.69 Å². The minimum Gasteiger partial charge on any atom is -0.353 e. The summed E-state index contributed by atoms with van der Waals surface area (Å²) in [6.45, 7) is 1.52. The molecular formula is C13H13BrN6O3. The number of hydrogen-bond acceptors (Lipinski definition) is 6. The molecule has 1 atom stereocenters. The maximum Gasteiger partial charge on any atom is 0.342 e. The first-order chi connectivity index (χ1) is 11.0. The number of carbonyl (C=O) groups is 1. The molecule has 0 spiro atoms. The number of H-pyrrole nitrogens is 2. The number of hydrogen-bond donors (Lipinski definition) is 4. The summed E-state index contributed by atoms with van der Waals surface area (Å²) >= 11 is 3.32. The maximum atomic E-state index is 11.9. The van der Waals surface area contributed by atoms with Crippen molar-refractivity contribution >= 4 is 33.9 Å². The van der Waals surface area contributed by atoms with E-state index in [0.717, 1.165) is 10.0 Å². The number of benzene rings is 1. The van der Waals surface area contributed by atoms with Crippen molar-refractivity contribution in [3.8, 4) is 0 Å². The van der Waals surface area contributed by atoms with Gasteiger partial charge in [0.1, 0.15) is 6.04 Å². The Bertz CT molecular complexity index is 827. The van der Waals surface area contributed by atoms with Crippen LogP contribution in [0.15, 0.2) is 43.4 Å². The molecule has 0 aliphatic rings. The number of anilines is 1. The zero-order valence-corrected chi connectivity index (χ0v) is 13.5. The molecule has 1 unspecified atom stereocenters. The largest absolute Gasteiger partial charge is 0.353 e. The summed E-state index contributed by atoms with van der Waals surface area (Å²) in [6.07, 6.45) is 1.49. The molecule has 23 heavy (non-hydrogen) atoms. The maximum absolute atomic E-state index is 11.9. The third-order valence-electron chi connectivity index (χ3n) is 2.72. The third kappa shape index (κ3) is 4.88. The van der Waals surface area contributed by atoms with Crippen molar-refractivity contribution in [1.29, 1.82) is 0 Å². The van der Waals surface area contributed by atoms with Crippen molar-refractivity contribution in [2.75, 3.05) is 5.32 Å². The van der Waals surface area contributed by atoms with Crippen LogP contribution in [0.3, 0.4) is 0 Å². The van der Waals surface area contributed by atoms with Crippen LogP contribution in [-0.4, -0.2) is 33.3 Å². The molecule has 1 aromatic heterocycles. The summed E-state index contributed by atoms with van der Waals surface area (Å²) in [5, 5.41) is 12.0. The van der Waals surface area contributed by atoms with Crippen molar-refractivity contribution in [3.63, 3.8) is 0 Å². The lowest BCUT2D eigenvalue weighted by atomic mass is 10.2. The summed E-state index contributed by atoms with van der Waals surface area (Å²) in [5.74, 6) is -0.630. The van der Waals surface area contributed by atoms with Gasteiger partial charge in [-0.15, -0.1) is 5.10 Å². The van der Waals surface area contributed by atoms with Crippen LogP contribution in [0.25, 0.3) is 0 Å². The van der Waals surface area contributed by atoms with Crippen molar-refractivity contribution in [2.24, 2.45) is 5.10 Å². The Balaban J connectivity index is 1.93. The predicted molar refractivity (Wildman–Crippen MR) is 88.4 cm³/mol. The van der Waals surface area contributed by atoms with E-state index in [1.807, 2.05) is 29.2 Å². The van der Waals surface area contributed by atoms with Gasteiger partial charge in [0, 0.05) is 4.47 Å². The van der Waals surface area contributed by atoms with Crippen LogP contribution in [-0.2, 0) is 4.79 Å². The molecule has 0 aliphatic carbocycles. The van der Waals surface area contributed by atoms with E-state index < -0.39 is 23.2 Å². The second-order valence-electron chi connectivity index (χ2n) is 4.51. The summed E-state index contributed by atoms with van der Waals surface area (Å²) in [4.78, 5) is 36.2. The number of aromatic nitrogens is 3. The minimum atomic E-state index is -0.781. The van der Waals surface area contributed by atoms with Gasteiger partial charge in [0.05, 0.1) is 6.21 Å². The van der Waals surface area contributed by atoms with Gasteiger partial charge < -0.3 is 5.32 Å². The second kappa shape index (κ2) is 7.49. The van der Waals surface area contributed by atoms with Gasteiger partial charge in [0.25, 0.3) is 11.5 Å². The van der Waals surface area contributed by atoms with E-state index >= 15 is 0 Å². The molecule has 120 valence electrons. The fourth-order valence-corrected chi connectivity index (χ4v) is 1.80. The van der Waals surface area contributed by atoms with Crippen LogP contribution in [0, 0.1) is 0 Å². The van der Waals surface area contributed by atoms with Gasteiger partial charge in [-0.05, 0) is 24.6 Å². The zero-order valence-electron chi connectivity index (χ0n) is 12.0. The van der Waals surface area contributed by atoms with Crippen LogP contribution < -0.4 is 22.0 Å². The summed E-state index contributed by atoms with van der Waals surface area (Å²) < 4.78 is 0.940. The van der Waals surface area contributed by atoms with Gasteiger partial charge in [-0.1, -0.05) is 28.1 Å². The van der Waals surface area contributed by atoms with Crippen LogP contribution in [0.4, 0.5) is 5.82 Å². The molecule has 2 rings (SSSR count). The van der Waals surface area contributed by atoms with E-state index in [-0.39, 0.29) is 5.82 Å². The van der Waals surface area contributed by atoms with Gasteiger partial charge in [-0.25, -0.2) is 15.3 Å². The van der Waals surface area contributed by atoms with Gasteiger partial charge in [-0.2, -0.15) is 5.10 Å². The Hall–Kier alpha value is -2.75. The van der Waals surface area contributed by atoms with E-state index in [9.17, 15) is 14.4 Å². The van der Waals surface area contributed by atoms with Crippen molar-refractivity contribution in [2.45, 2.75) is 13.0 Å². The molecular weight excluding hydrogens is 368 g/mol. The summed E-state index contributed by atoms with van der Waals surface area (Å²) in [6, 6.07) is 6.57. The standard InChI is InChI=1S/C13H13BrN6O3/c1-7(16-10-12(22)17-13(23)20-18-10)11(21)19-15-6-8-2-4-9(14)5-3-8/h2-7H,1H3,(H,16,18)(H,19,21)(H2,17,20,22,23)/b15-6+. The number of nitrogens with one attached hydrogen (secondary N) is 4. The summed E-state index contributed by atoms with van der Waals surface area (Å²) in [5.41, 5.74) is 1.71. The first-order valence-electron chi connectivity index (χ1n) is 6.50. The lowest BCUT2D eigenvalue weighted by Crippen LogP contribution is -2.38. The van der Waals surface area contributed by atoms with Gasteiger partial charge in [-0.3, -0.25) is 14.6 Å². The molecule has 2 aromatic rings. The van der Waals surface area contributed by atoms with E-state index in [2.05, 4.69) is 42.0 Å². The SMILES string of the molecule is CC(Nc1n[nH]c(=O)[nH]c1=O)C(=O)N/N=C/c1ccc(Br)cc1. The molecule has 0 bridgehead atoms. The van der Waals surface area contributed by atoms with Crippen molar-refractivity contribution in [3.05, 3.63) is 55.1 Å². The fraction of sp³-hybridized carbons (Fsp3) is 0.154. The Morgan fingerprint density at radius 2 is 2.04 bits per heavy atom. The van der Waals surface area contributed by atoms with Crippen LogP contribution in [0.2, 0.25) is 0 Å². The fourth-order valence-electron chi connectivity index (χ4n) is 1.53. The zero-order chi connectivity index (χ0) is 16.8. The van der Waals surface area contributed by atoms with Gasteiger partial charge in [0.2, 0.25) is 5.82 Å². The Labute approximate surface area is 138 Å². The average Bonchev–Trinajstić information content (AvgIpc) is 2.51. The van der Waals surface area contributed by atoms with E-state index in [0.29, 0.717) is 0 Å². The van der Waals surface area contributed by atoms with Gasteiger partial charge in [0.15, 0.2) is 0 Å². The van der Waals surface area contributed by atoms with E-state index in [4.69, 9.17) is 0 Å². The lowest BCUT2D eigenvalue weighted by Gasteiger charge is -2.11. The molecule has 0 saturated heterocycles. The van der Waals surface area contributed by atoms with Crippen molar-refractivity contribution < 1.29 is 4.79 Å². The van der Waals surface area contributed by atoms with E-state index in [1.165, 1.54) is 13.1 Å². The predicted octanol–water partition coefficient (Wildman–Crippen LogP) is 0.171. The highest BCUT2D eigenvalue weighted by molar-refractivity contribution is 9.10. The highest BCUT2D eigenvalue weighted by Crippen LogP contribution is 2.08. The Morgan fingerprint density at radius 1 is 1.35 bits per heavy atom. The highest BCUT2D eigenvalue weighted by Gasteiger charge is 2.14. The molecule has 1 amide bonds. The number of rotatable bonds is 5. The molecule has 1 aromatic carbocycles. The first-order valence-corrected chi connectivity index (χ1v) is 7.29. The molecule has 1 heterocycles. The van der Waals surface area contributed by atoms with Crippen LogP contribution in [0.1, 0.15) is 12.5 Å². The lowest BCUT2D eigenvalue weighted by molar-refractivity contribution is -0.121. The Kier molecular flexibility index (Phi) is 5.41. The smallest absolute Gasteiger partial charge is 0.342 e. The van der Waals surface area contributed by atoms with E-state index in [1.54, 1.807) is 0 Å². The molecule has 0 saturated carbocycles. The topological polar surface area (TPSA) is 132 Å². The number of halogens is 1. The number of carbonyl (C=O) groups excluding carboxylic acids is 1. The minimum absolute atomic E-state index is 0.163. The molecule has 0 aliphatic heterocycles. The first kappa shape index (κ1) is 16.6.